The molecule has 0 bridgehead atoms. The minimum absolute atomic E-state index is 0.120. The van der Waals surface area contributed by atoms with Crippen LogP contribution in [0.4, 0.5) is 10.1 Å². The van der Waals surface area contributed by atoms with Gasteiger partial charge in [-0.25, -0.2) is 13.4 Å². The predicted octanol–water partition coefficient (Wildman–Crippen LogP) is 1.87. The van der Waals surface area contributed by atoms with Crippen LogP contribution >= 0.6 is 0 Å². The second-order valence-electron chi connectivity index (χ2n) is 6.34. The number of amides is 1. The fraction of sp³-hybridized carbons (Fsp3) is 0.176. The maximum absolute atomic E-state index is 15.2. The SMILES string of the molecule is Cc1n[nH]c(C)c1-c1ccc2cc(O)c(N3CC(=O)NS3(=O)=O)c(F)c2c1. The molecule has 2 heterocycles. The van der Waals surface area contributed by atoms with Crippen LogP contribution < -0.4 is 9.03 Å². The molecule has 4 rings (SSSR count). The van der Waals surface area contributed by atoms with Crippen molar-refractivity contribution in [2.24, 2.45) is 0 Å². The summed E-state index contributed by atoms with van der Waals surface area (Å²) in [6.45, 7) is 3.06. The highest BCUT2D eigenvalue weighted by Gasteiger charge is 2.37. The summed E-state index contributed by atoms with van der Waals surface area (Å²) in [7, 11) is -4.25. The standard InChI is InChI=1S/C17H15FN4O4S/c1-8-15(9(2)20-19-8)11-4-3-10-6-13(23)17(16(18)12(10)5-11)22-7-14(24)21-27(22,25)26/h3-6,23H,7H2,1-2H3,(H,19,20)(H,21,24). The van der Waals surface area contributed by atoms with Gasteiger partial charge < -0.3 is 5.11 Å². The molecular weight excluding hydrogens is 375 g/mol. The van der Waals surface area contributed by atoms with Gasteiger partial charge in [0.15, 0.2) is 5.82 Å². The molecule has 1 aliphatic heterocycles. The average Bonchev–Trinajstić information content (AvgIpc) is 3.05. The molecule has 0 atom stereocenters. The number of phenolic OH excluding ortho intramolecular Hbond substituents is 1. The second kappa shape index (κ2) is 5.68. The third kappa shape index (κ3) is 2.60. The van der Waals surface area contributed by atoms with Crippen LogP contribution in [0.5, 0.6) is 5.75 Å². The molecule has 8 nitrogen and oxygen atoms in total. The molecule has 1 aromatic heterocycles. The molecule has 10 heteroatoms. The van der Waals surface area contributed by atoms with E-state index in [0.29, 0.717) is 15.3 Å². The second-order valence-corrected chi connectivity index (χ2v) is 7.94. The summed E-state index contributed by atoms with van der Waals surface area (Å²) in [5, 5.41) is 17.7. The molecule has 27 heavy (non-hydrogen) atoms. The van der Waals surface area contributed by atoms with Crippen molar-refractivity contribution in [1.29, 1.82) is 0 Å². The number of aromatic amines is 1. The van der Waals surface area contributed by atoms with Crippen molar-refractivity contribution in [1.82, 2.24) is 14.9 Å². The lowest BCUT2D eigenvalue weighted by atomic mass is 9.99. The third-order valence-electron chi connectivity index (χ3n) is 4.52. The summed E-state index contributed by atoms with van der Waals surface area (Å²) in [6, 6.07) is 6.23. The van der Waals surface area contributed by atoms with E-state index < -0.39 is 39.9 Å². The Morgan fingerprint density at radius 1 is 1.26 bits per heavy atom. The van der Waals surface area contributed by atoms with Gasteiger partial charge in [-0.3, -0.25) is 9.89 Å². The molecule has 0 saturated carbocycles. The van der Waals surface area contributed by atoms with E-state index in [1.54, 1.807) is 22.9 Å². The number of aromatic nitrogens is 2. The normalized spacial score (nSPS) is 16.1. The highest BCUT2D eigenvalue weighted by Crippen LogP contribution is 2.40. The van der Waals surface area contributed by atoms with Gasteiger partial charge in [0, 0.05) is 16.6 Å². The van der Waals surface area contributed by atoms with Crippen LogP contribution in [0.3, 0.4) is 0 Å². The highest BCUT2D eigenvalue weighted by atomic mass is 32.2. The minimum atomic E-state index is -4.25. The number of nitrogens with zero attached hydrogens (tertiary/aromatic N) is 2. The zero-order valence-electron chi connectivity index (χ0n) is 14.4. The number of halogens is 1. The van der Waals surface area contributed by atoms with Crippen LogP contribution in [0.25, 0.3) is 21.9 Å². The van der Waals surface area contributed by atoms with Gasteiger partial charge in [-0.15, -0.1) is 0 Å². The van der Waals surface area contributed by atoms with Crippen molar-refractivity contribution in [3.63, 3.8) is 0 Å². The van der Waals surface area contributed by atoms with E-state index in [4.69, 9.17) is 0 Å². The van der Waals surface area contributed by atoms with Gasteiger partial charge in [-0.1, -0.05) is 12.1 Å². The average molecular weight is 390 g/mol. The first-order valence-corrected chi connectivity index (χ1v) is 9.43. The molecule has 140 valence electrons. The molecule has 1 saturated heterocycles. The van der Waals surface area contributed by atoms with E-state index in [1.165, 1.54) is 6.07 Å². The van der Waals surface area contributed by atoms with E-state index in [1.807, 2.05) is 13.8 Å². The molecule has 1 fully saturated rings. The summed E-state index contributed by atoms with van der Waals surface area (Å²) in [6.07, 6.45) is 0. The molecule has 1 aliphatic rings. The summed E-state index contributed by atoms with van der Waals surface area (Å²) in [5.74, 6) is -2.29. The number of carbonyl (C=O) groups excluding carboxylic acids is 1. The maximum atomic E-state index is 15.2. The molecule has 0 radical (unpaired) electrons. The molecule has 3 aromatic rings. The molecular formula is C17H15FN4O4S. The topological polar surface area (TPSA) is 115 Å². The first-order chi connectivity index (χ1) is 12.7. The first kappa shape index (κ1) is 17.3. The Kier molecular flexibility index (Phi) is 3.63. The zero-order valence-corrected chi connectivity index (χ0v) is 15.2. The molecule has 2 aromatic carbocycles. The van der Waals surface area contributed by atoms with E-state index >= 15 is 4.39 Å². The third-order valence-corrected chi connectivity index (χ3v) is 5.90. The van der Waals surface area contributed by atoms with Crippen molar-refractivity contribution in [2.45, 2.75) is 13.8 Å². The number of carbonyl (C=O) groups is 1. The number of hydrogen-bond donors (Lipinski definition) is 3. The number of phenols is 1. The number of benzene rings is 2. The van der Waals surface area contributed by atoms with Crippen molar-refractivity contribution >= 4 is 32.6 Å². The summed E-state index contributed by atoms with van der Waals surface area (Å²) >= 11 is 0. The van der Waals surface area contributed by atoms with Crippen LogP contribution in [0.2, 0.25) is 0 Å². The molecule has 0 aliphatic carbocycles. The number of H-pyrrole nitrogens is 1. The van der Waals surface area contributed by atoms with Gasteiger partial charge in [0.2, 0.25) is 0 Å². The molecule has 0 spiro atoms. The molecule has 3 N–H and O–H groups in total. The van der Waals surface area contributed by atoms with Gasteiger partial charge in [-0.05, 0) is 36.9 Å². The van der Waals surface area contributed by atoms with Crippen LogP contribution in [0.15, 0.2) is 24.3 Å². The largest absolute Gasteiger partial charge is 0.506 e. The Labute approximate surface area is 153 Å². The monoisotopic (exact) mass is 390 g/mol. The number of hydrogen-bond acceptors (Lipinski definition) is 5. The van der Waals surface area contributed by atoms with Crippen LogP contribution in [-0.4, -0.2) is 36.2 Å². The lowest BCUT2D eigenvalue weighted by Gasteiger charge is -2.18. The number of anilines is 1. The number of fused-ring (bicyclic) bond motifs is 1. The molecule has 1 amide bonds. The van der Waals surface area contributed by atoms with E-state index in [2.05, 4.69) is 10.2 Å². The summed E-state index contributed by atoms with van der Waals surface area (Å²) in [5.41, 5.74) is 2.50. The number of aromatic hydroxyl groups is 1. The minimum Gasteiger partial charge on any atom is -0.506 e. The lowest BCUT2D eigenvalue weighted by molar-refractivity contribution is -0.117. The molecule has 0 unspecified atom stereocenters. The van der Waals surface area contributed by atoms with E-state index in [0.717, 1.165) is 17.0 Å². The Morgan fingerprint density at radius 3 is 2.59 bits per heavy atom. The highest BCUT2D eigenvalue weighted by molar-refractivity contribution is 7.92. The Hall–Kier alpha value is -3.14. The van der Waals surface area contributed by atoms with Crippen molar-refractivity contribution in [3.8, 4) is 16.9 Å². The smallest absolute Gasteiger partial charge is 0.326 e. The van der Waals surface area contributed by atoms with Gasteiger partial charge in [-0.2, -0.15) is 13.5 Å². The van der Waals surface area contributed by atoms with E-state index in [-0.39, 0.29) is 5.39 Å². The van der Waals surface area contributed by atoms with E-state index in [9.17, 15) is 18.3 Å². The van der Waals surface area contributed by atoms with Gasteiger partial charge >= 0.3 is 10.2 Å². The van der Waals surface area contributed by atoms with Crippen LogP contribution in [0.1, 0.15) is 11.4 Å². The van der Waals surface area contributed by atoms with Crippen molar-refractivity contribution in [3.05, 3.63) is 41.5 Å². The van der Waals surface area contributed by atoms with Crippen LogP contribution in [-0.2, 0) is 15.0 Å². The number of rotatable bonds is 2. The van der Waals surface area contributed by atoms with Crippen molar-refractivity contribution in [2.75, 3.05) is 10.8 Å². The summed E-state index contributed by atoms with van der Waals surface area (Å²) < 4.78 is 41.7. The summed E-state index contributed by atoms with van der Waals surface area (Å²) in [4.78, 5) is 11.5. The fourth-order valence-electron chi connectivity index (χ4n) is 3.34. The lowest BCUT2D eigenvalue weighted by Crippen LogP contribution is -2.30. The fourth-order valence-corrected chi connectivity index (χ4v) is 4.51. The van der Waals surface area contributed by atoms with Gasteiger partial charge in [0.05, 0.1) is 5.69 Å². The first-order valence-electron chi connectivity index (χ1n) is 7.99. The Balaban J connectivity index is 1.96. The number of aryl methyl sites for hydroxylation is 2. The number of nitrogens with one attached hydrogen (secondary N) is 2. The van der Waals surface area contributed by atoms with Crippen LogP contribution in [0, 0.1) is 19.7 Å². The quantitative estimate of drug-likeness (QED) is 0.618. The Morgan fingerprint density at radius 2 is 2.00 bits per heavy atom. The zero-order chi connectivity index (χ0) is 19.5. The van der Waals surface area contributed by atoms with Gasteiger partial charge in [0.1, 0.15) is 18.0 Å². The predicted molar refractivity (Wildman–Crippen MR) is 97.0 cm³/mol. The maximum Gasteiger partial charge on any atom is 0.326 e. The Bertz CT molecular complexity index is 1200. The van der Waals surface area contributed by atoms with Crippen molar-refractivity contribution < 1.29 is 22.7 Å². The van der Waals surface area contributed by atoms with Gasteiger partial charge in [0.25, 0.3) is 5.91 Å².